The Hall–Kier alpha value is -2.94. The largest absolute Gasteiger partial charge is 0.380 e. The first kappa shape index (κ1) is 24.2. The molecule has 1 saturated carbocycles. The fourth-order valence-corrected chi connectivity index (χ4v) is 4.66. The highest BCUT2D eigenvalue weighted by Gasteiger charge is 2.32. The average Bonchev–Trinajstić information content (AvgIpc) is 3.51. The zero-order chi connectivity index (χ0) is 25.0. The number of carbonyl (C=O) groups is 1. The van der Waals surface area contributed by atoms with Crippen molar-refractivity contribution in [3.63, 3.8) is 0 Å². The van der Waals surface area contributed by atoms with Crippen molar-refractivity contribution in [1.29, 1.82) is 5.41 Å². The Kier molecular flexibility index (Phi) is 5.96. The third-order valence-corrected chi connectivity index (χ3v) is 6.62. The van der Waals surface area contributed by atoms with E-state index in [4.69, 9.17) is 14.6 Å². The Balaban J connectivity index is 1.65. The predicted octanol–water partition coefficient (Wildman–Crippen LogP) is 3.68. The molecule has 1 N–H and O–H groups in total. The average molecular weight is 485 g/mol. The lowest BCUT2D eigenvalue weighted by molar-refractivity contribution is 0.0962. The number of aromatic nitrogens is 1. The summed E-state index contributed by atoms with van der Waals surface area (Å²) in [6.07, 6.45) is 3.30. The lowest BCUT2D eigenvalue weighted by Gasteiger charge is -2.27. The standard InChI is InChI=1S/C25H32N4O4S/c1-25(2,3)18-11-17(12-20(28(4)5)23(18)33-34(6,31)32)21(30)14-29-13-16-9-10-19(15-7-8-15)27-22(16)24(29)26/h9-12,15,26H,7-8,13-14H2,1-6H3. The molecule has 8 nitrogen and oxygen atoms in total. The first-order valence-corrected chi connectivity index (χ1v) is 13.2. The van der Waals surface area contributed by atoms with Crippen LogP contribution < -0.4 is 9.08 Å². The van der Waals surface area contributed by atoms with Crippen molar-refractivity contribution in [3.05, 3.63) is 52.3 Å². The lowest BCUT2D eigenvalue weighted by atomic mass is 9.84. The van der Waals surface area contributed by atoms with Gasteiger partial charge in [-0.3, -0.25) is 10.2 Å². The van der Waals surface area contributed by atoms with Crippen LogP contribution in [0, 0.1) is 5.41 Å². The minimum absolute atomic E-state index is 0.0384. The molecule has 2 heterocycles. The van der Waals surface area contributed by atoms with Gasteiger partial charge in [0, 0.05) is 48.9 Å². The highest BCUT2D eigenvalue weighted by molar-refractivity contribution is 7.86. The van der Waals surface area contributed by atoms with Gasteiger partial charge in [-0.15, -0.1) is 0 Å². The van der Waals surface area contributed by atoms with Crippen LogP contribution in [-0.4, -0.2) is 56.8 Å². The zero-order valence-electron chi connectivity index (χ0n) is 20.6. The fraction of sp³-hybridized carbons (Fsp3) is 0.480. The highest BCUT2D eigenvalue weighted by atomic mass is 32.2. The van der Waals surface area contributed by atoms with Gasteiger partial charge in [-0.25, -0.2) is 4.98 Å². The van der Waals surface area contributed by atoms with Crippen LogP contribution in [0.25, 0.3) is 0 Å². The van der Waals surface area contributed by atoms with Gasteiger partial charge in [-0.1, -0.05) is 26.8 Å². The van der Waals surface area contributed by atoms with Crippen LogP contribution in [0.2, 0.25) is 0 Å². The first-order valence-electron chi connectivity index (χ1n) is 11.4. The number of Topliss-reactive ketones (excluding diaryl/α,β-unsaturated/α-hetero) is 1. The van der Waals surface area contributed by atoms with Gasteiger partial charge in [0.05, 0.1) is 18.5 Å². The van der Waals surface area contributed by atoms with Gasteiger partial charge in [-0.05, 0) is 36.5 Å². The molecule has 182 valence electrons. The van der Waals surface area contributed by atoms with E-state index in [0.717, 1.165) is 30.4 Å². The van der Waals surface area contributed by atoms with Gasteiger partial charge in [-0.2, -0.15) is 8.42 Å². The summed E-state index contributed by atoms with van der Waals surface area (Å²) in [4.78, 5) is 21.6. The number of rotatable bonds is 7. The Morgan fingerprint density at radius 3 is 2.47 bits per heavy atom. The van der Waals surface area contributed by atoms with Gasteiger partial charge in [0.15, 0.2) is 11.5 Å². The SMILES string of the molecule is CN(C)c1cc(C(=O)CN2Cc3ccc(C4CC4)nc3C2=N)cc(C(C)(C)C)c1OS(C)(=O)=O. The summed E-state index contributed by atoms with van der Waals surface area (Å²) in [5.74, 6) is 0.850. The Labute approximate surface area is 201 Å². The second-order valence-corrected chi connectivity index (χ2v) is 12.0. The van der Waals surface area contributed by atoms with Gasteiger partial charge in [0.2, 0.25) is 0 Å². The van der Waals surface area contributed by atoms with E-state index in [0.29, 0.717) is 35.0 Å². The summed E-state index contributed by atoms with van der Waals surface area (Å²) < 4.78 is 29.3. The Morgan fingerprint density at radius 2 is 1.91 bits per heavy atom. The van der Waals surface area contributed by atoms with Gasteiger partial charge < -0.3 is 14.0 Å². The number of carbonyl (C=O) groups excluding carboxylic acids is 1. The number of pyridine rings is 1. The Bertz CT molecular complexity index is 1270. The molecule has 0 radical (unpaired) electrons. The maximum absolute atomic E-state index is 13.4. The molecule has 1 aliphatic carbocycles. The topological polar surface area (TPSA) is 104 Å². The third-order valence-electron chi connectivity index (χ3n) is 6.15. The van der Waals surface area contributed by atoms with Gasteiger partial charge in [0.25, 0.3) is 0 Å². The molecular formula is C25H32N4O4S. The summed E-state index contributed by atoms with van der Waals surface area (Å²) >= 11 is 0. The molecule has 1 aromatic carbocycles. The molecule has 34 heavy (non-hydrogen) atoms. The first-order chi connectivity index (χ1) is 15.7. The van der Waals surface area contributed by atoms with E-state index in [-0.39, 0.29) is 23.9 Å². The number of amidine groups is 1. The molecule has 1 fully saturated rings. The minimum atomic E-state index is -3.77. The quantitative estimate of drug-likeness (QED) is 0.472. The maximum atomic E-state index is 13.4. The molecule has 1 aromatic heterocycles. The summed E-state index contributed by atoms with van der Waals surface area (Å²) in [5.41, 5.74) is 3.77. The van der Waals surface area contributed by atoms with E-state index in [1.165, 1.54) is 0 Å². The molecule has 0 spiro atoms. The summed E-state index contributed by atoms with van der Waals surface area (Å²) in [7, 11) is -0.208. The number of hydrogen-bond acceptors (Lipinski definition) is 7. The lowest BCUT2D eigenvalue weighted by Crippen LogP contribution is -2.31. The molecule has 0 atom stereocenters. The number of nitrogens with zero attached hydrogens (tertiary/aromatic N) is 3. The third kappa shape index (κ3) is 4.94. The second-order valence-electron chi connectivity index (χ2n) is 10.4. The van der Waals surface area contributed by atoms with E-state index in [1.807, 2.05) is 32.9 Å². The number of ketones is 1. The number of anilines is 1. The summed E-state index contributed by atoms with van der Waals surface area (Å²) in [6, 6.07) is 7.43. The maximum Gasteiger partial charge on any atom is 0.306 e. The number of fused-ring (bicyclic) bond motifs is 1. The minimum Gasteiger partial charge on any atom is -0.380 e. The van der Waals surface area contributed by atoms with Crippen LogP contribution in [0.5, 0.6) is 5.75 Å². The van der Waals surface area contributed by atoms with Crippen LogP contribution in [0.4, 0.5) is 5.69 Å². The van der Waals surface area contributed by atoms with Crippen LogP contribution in [-0.2, 0) is 22.1 Å². The second kappa shape index (κ2) is 8.37. The van der Waals surface area contributed by atoms with Crippen molar-refractivity contribution in [2.45, 2.75) is 51.5 Å². The smallest absolute Gasteiger partial charge is 0.306 e. The Morgan fingerprint density at radius 1 is 1.24 bits per heavy atom. The molecule has 2 aromatic rings. The van der Waals surface area contributed by atoms with Crippen molar-refractivity contribution in [2.24, 2.45) is 0 Å². The van der Waals surface area contributed by atoms with Crippen LogP contribution in [0.3, 0.4) is 0 Å². The molecule has 0 unspecified atom stereocenters. The normalized spacial score (nSPS) is 15.9. The monoisotopic (exact) mass is 484 g/mol. The number of nitrogens with one attached hydrogen (secondary N) is 1. The van der Waals surface area contributed by atoms with E-state index < -0.39 is 15.5 Å². The molecule has 9 heteroatoms. The van der Waals surface area contributed by atoms with E-state index in [2.05, 4.69) is 0 Å². The van der Waals surface area contributed by atoms with Crippen molar-refractivity contribution >= 4 is 27.4 Å². The van der Waals surface area contributed by atoms with Crippen molar-refractivity contribution in [3.8, 4) is 5.75 Å². The molecule has 0 amide bonds. The number of hydrogen-bond donors (Lipinski definition) is 1. The van der Waals surface area contributed by atoms with Crippen LogP contribution in [0.1, 0.15) is 72.4 Å². The van der Waals surface area contributed by atoms with Crippen molar-refractivity contribution < 1.29 is 17.4 Å². The zero-order valence-corrected chi connectivity index (χ0v) is 21.4. The van der Waals surface area contributed by atoms with Crippen molar-refractivity contribution in [2.75, 3.05) is 31.8 Å². The van der Waals surface area contributed by atoms with Gasteiger partial charge in [0.1, 0.15) is 11.5 Å². The molecular weight excluding hydrogens is 452 g/mol. The highest BCUT2D eigenvalue weighted by Crippen LogP contribution is 2.41. The van der Waals surface area contributed by atoms with Gasteiger partial charge >= 0.3 is 10.1 Å². The fourth-order valence-electron chi connectivity index (χ4n) is 4.18. The molecule has 4 rings (SSSR count). The molecule has 0 bridgehead atoms. The van der Waals surface area contributed by atoms with Crippen LogP contribution in [0.15, 0.2) is 24.3 Å². The van der Waals surface area contributed by atoms with E-state index >= 15 is 0 Å². The van der Waals surface area contributed by atoms with Crippen molar-refractivity contribution in [1.82, 2.24) is 9.88 Å². The van der Waals surface area contributed by atoms with Crippen LogP contribution >= 0.6 is 0 Å². The van der Waals surface area contributed by atoms with E-state index in [9.17, 15) is 13.2 Å². The summed E-state index contributed by atoms with van der Waals surface area (Å²) in [5, 5.41) is 8.60. The van der Waals surface area contributed by atoms with E-state index in [1.54, 1.807) is 36.0 Å². The predicted molar refractivity (Wildman–Crippen MR) is 133 cm³/mol. The number of benzene rings is 1. The molecule has 0 saturated heterocycles. The molecule has 2 aliphatic rings. The molecule has 1 aliphatic heterocycles. The summed E-state index contributed by atoms with van der Waals surface area (Å²) in [6.45, 7) is 6.35.